The van der Waals surface area contributed by atoms with Crippen molar-refractivity contribution in [2.45, 2.75) is 82.8 Å². The van der Waals surface area contributed by atoms with Crippen LogP contribution >= 0.6 is 0 Å². The van der Waals surface area contributed by atoms with E-state index in [2.05, 4.69) is 26.4 Å². The number of alkyl halides is 3. The molecule has 2 N–H and O–H groups in total. The van der Waals surface area contributed by atoms with E-state index < -0.39 is 58.8 Å². The quantitative estimate of drug-likeness (QED) is 0.307. The van der Waals surface area contributed by atoms with Crippen LogP contribution in [0.4, 0.5) is 18.9 Å². The number of anilines is 1. The number of para-hydroxylation sites is 1. The van der Waals surface area contributed by atoms with Gasteiger partial charge in [0, 0.05) is 42.8 Å². The minimum Gasteiger partial charge on any atom is -0.403 e. The Kier molecular flexibility index (Phi) is 9.20. The van der Waals surface area contributed by atoms with Gasteiger partial charge in [0.15, 0.2) is 5.75 Å². The minimum absolute atomic E-state index is 0.0447. The Hall–Kier alpha value is -5.19. The normalized spacial score (nSPS) is 21.1. The molecule has 3 heterocycles. The van der Waals surface area contributed by atoms with Crippen molar-refractivity contribution in [2.24, 2.45) is 11.3 Å². The van der Waals surface area contributed by atoms with Crippen molar-refractivity contribution in [1.82, 2.24) is 20.1 Å². The number of ether oxygens (including phenoxy) is 1. The Morgan fingerprint density at radius 2 is 1.88 bits per heavy atom. The summed E-state index contributed by atoms with van der Waals surface area (Å²) in [5, 5.41) is 16.0. The molecule has 2 fully saturated rings. The van der Waals surface area contributed by atoms with Crippen molar-refractivity contribution in [3.05, 3.63) is 65.9 Å². The number of nitriles is 1. The van der Waals surface area contributed by atoms with Crippen LogP contribution in [0.5, 0.6) is 5.75 Å². The maximum Gasteiger partial charge on any atom is 0.573 e. The Labute approximate surface area is 293 Å². The average molecular weight is 705 g/mol. The Balaban J connectivity index is 1.28. The first-order chi connectivity index (χ1) is 24.0. The van der Waals surface area contributed by atoms with Gasteiger partial charge in [-0.25, -0.2) is 0 Å². The average Bonchev–Trinajstić information content (AvgIpc) is 3.74. The Morgan fingerprint density at radius 3 is 2.55 bits per heavy atom. The van der Waals surface area contributed by atoms with Gasteiger partial charge in [-0.1, -0.05) is 57.9 Å². The van der Waals surface area contributed by atoms with Gasteiger partial charge in [-0.2, -0.15) is 5.26 Å². The van der Waals surface area contributed by atoms with Gasteiger partial charge in [0.2, 0.25) is 17.7 Å². The Morgan fingerprint density at radius 1 is 1.16 bits per heavy atom. The number of pyridine rings is 1. The predicted octanol–water partition coefficient (Wildman–Crippen LogP) is 5.31. The van der Waals surface area contributed by atoms with Crippen molar-refractivity contribution >= 4 is 40.2 Å². The van der Waals surface area contributed by atoms with Crippen molar-refractivity contribution < 1.29 is 37.1 Å². The standard InChI is InChI=1S/C37H39F3N6O5/c1-35(2,3)18-28(33(49)46-20-36(17-24(46)19-41)25-9-5-6-10-26(25)44-34(36)50)45(4)32(48)27(14-21-11-12-21)43-31(47)23-15-22-8-7-13-42-30(22)29(16-23)51-37(38,39)40/h5-10,13,15-16,21,24,27-28H,11-12,14,17-18,20H2,1-4H3,(H,43,47)(H,44,50)/t24-,27?,28-,36-/m0/s1. The van der Waals surface area contributed by atoms with E-state index in [1.54, 1.807) is 18.2 Å². The third-order valence-corrected chi connectivity index (χ3v) is 9.85. The lowest BCUT2D eigenvalue weighted by molar-refractivity contribution is -0.274. The van der Waals surface area contributed by atoms with Crippen LogP contribution in [0.15, 0.2) is 54.7 Å². The number of amides is 4. The van der Waals surface area contributed by atoms with E-state index in [1.165, 1.54) is 41.2 Å². The molecule has 0 radical (unpaired) electrons. The summed E-state index contributed by atoms with van der Waals surface area (Å²) in [4.78, 5) is 62.6. The molecule has 11 nitrogen and oxygen atoms in total. The van der Waals surface area contributed by atoms with Gasteiger partial charge in [-0.05, 0) is 54.0 Å². The summed E-state index contributed by atoms with van der Waals surface area (Å²) < 4.78 is 44.0. The maximum absolute atomic E-state index is 14.5. The van der Waals surface area contributed by atoms with Crippen LogP contribution < -0.4 is 15.4 Å². The summed E-state index contributed by atoms with van der Waals surface area (Å²) in [6, 6.07) is 11.6. The number of likely N-dealkylation sites (N-methyl/N-ethyl adjacent to an activating group) is 1. The molecule has 0 bridgehead atoms. The number of benzene rings is 2. The highest BCUT2D eigenvalue weighted by molar-refractivity contribution is 6.07. The fourth-order valence-electron chi connectivity index (χ4n) is 7.19. The lowest BCUT2D eigenvalue weighted by Gasteiger charge is -2.37. The fraction of sp³-hybridized carbons (Fsp3) is 0.459. The van der Waals surface area contributed by atoms with Crippen LogP contribution in [0.1, 0.15) is 68.8 Å². The Bertz CT molecular complexity index is 1930. The molecular weight excluding hydrogens is 665 g/mol. The molecule has 6 rings (SSSR count). The number of nitrogens with one attached hydrogen (secondary N) is 2. The summed E-state index contributed by atoms with van der Waals surface area (Å²) in [6.45, 7) is 5.70. The maximum atomic E-state index is 14.5. The highest BCUT2D eigenvalue weighted by Gasteiger charge is 2.57. The molecule has 268 valence electrons. The molecule has 3 aliphatic rings. The number of rotatable bonds is 9. The summed E-state index contributed by atoms with van der Waals surface area (Å²) in [5.41, 5.74) is -0.489. The predicted molar refractivity (Wildman–Crippen MR) is 180 cm³/mol. The van der Waals surface area contributed by atoms with E-state index in [0.717, 1.165) is 18.9 Å². The van der Waals surface area contributed by atoms with Crippen LogP contribution in [0.25, 0.3) is 10.9 Å². The second-order valence-corrected chi connectivity index (χ2v) is 14.9. The molecule has 1 saturated carbocycles. The summed E-state index contributed by atoms with van der Waals surface area (Å²) >= 11 is 0. The van der Waals surface area contributed by atoms with Crippen LogP contribution in [0, 0.1) is 22.7 Å². The van der Waals surface area contributed by atoms with E-state index in [-0.39, 0.29) is 54.1 Å². The zero-order valence-electron chi connectivity index (χ0n) is 28.7. The molecule has 1 aliphatic carbocycles. The van der Waals surface area contributed by atoms with Gasteiger partial charge in [-0.15, -0.1) is 13.2 Å². The van der Waals surface area contributed by atoms with Gasteiger partial charge in [0.1, 0.15) is 23.6 Å². The van der Waals surface area contributed by atoms with E-state index in [0.29, 0.717) is 11.3 Å². The highest BCUT2D eigenvalue weighted by Crippen LogP contribution is 2.47. The number of carbonyl (C=O) groups excluding carboxylic acids is 4. The number of aromatic nitrogens is 1. The molecule has 1 saturated heterocycles. The third-order valence-electron chi connectivity index (χ3n) is 9.85. The number of hydrogen-bond acceptors (Lipinski definition) is 7. The first kappa shape index (κ1) is 35.6. The number of halogens is 3. The summed E-state index contributed by atoms with van der Waals surface area (Å²) in [6.07, 6.45) is -1.49. The molecule has 4 atom stereocenters. The molecule has 51 heavy (non-hydrogen) atoms. The fourth-order valence-corrected chi connectivity index (χ4v) is 7.19. The largest absolute Gasteiger partial charge is 0.573 e. The first-order valence-corrected chi connectivity index (χ1v) is 16.8. The molecular formula is C37H39F3N6O5. The smallest absolute Gasteiger partial charge is 0.403 e. The first-order valence-electron chi connectivity index (χ1n) is 16.8. The number of nitrogens with zero attached hydrogens (tertiary/aromatic N) is 4. The second kappa shape index (κ2) is 13.2. The zero-order valence-corrected chi connectivity index (χ0v) is 28.7. The summed E-state index contributed by atoms with van der Waals surface area (Å²) in [7, 11) is 1.48. The molecule has 4 amide bonds. The molecule has 2 aliphatic heterocycles. The van der Waals surface area contributed by atoms with Crippen molar-refractivity contribution in [3.8, 4) is 11.8 Å². The topological polar surface area (TPSA) is 145 Å². The van der Waals surface area contributed by atoms with Crippen molar-refractivity contribution in [1.29, 1.82) is 5.26 Å². The molecule has 14 heteroatoms. The minimum atomic E-state index is -5.04. The summed E-state index contributed by atoms with van der Waals surface area (Å²) in [5.74, 6) is -2.66. The second-order valence-electron chi connectivity index (χ2n) is 14.9. The van der Waals surface area contributed by atoms with Gasteiger partial charge < -0.3 is 25.2 Å². The number of hydrogen-bond donors (Lipinski definition) is 2. The van der Waals surface area contributed by atoms with Crippen molar-refractivity contribution in [2.75, 3.05) is 18.9 Å². The van der Waals surface area contributed by atoms with Crippen LogP contribution in [-0.4, -0.2) is 76.5 Å². The lowest BCUT2D eigenvalue weighted by Crippen LogP contribution is -2.56. The monoisotopic (exact) mass is 704 g/mol. The highest BCUT2D eigenvalue weighted by atomic mass is 19.4. The van der Waals surface area contributed by atoms with E-state index in [1.807, 2.05) is 26.8 Å². The molecule has 1 aromatic heterocycles. The SMILES string of the molecule is CN(C(=O)C(CC1CC1)NC(=O)c1cc(OC(F)(F)F)c2ncccc2c1)[C@@H](CC(C)(C)C)C(=O)N1C[C@]2(C[C@H]1C#N)C(=O)Nc1ccccc12. The van der Waals surface area contributed by atoms with Crippen LogP contribution in [0.3, 0.4) is 0 Å². The van der Waals surface area contributed by atoms with E-state index >= 15 is 0 Å². The molecule has 2 aromatic carbocycles. The van der Waals surface area contributed by atoms with Gasteiger partial charge in [0.05, 0.1) is 11.5 Å². The van der Waals surface area contributed by atoms with Crippen LogP contribution in [0.2, 0.25) is 0 Å². The van der Waals surface area contributed by atoms with Crippen LogP contribution in [-0.2, 0) is 19.8 Å². The molecule has 3 aromatic rings. The van der Waals surface area contributed by atoms with Gasteiger partial charge >= 0.3 is 6.36 Å². The lowest BCUT2D eigenvalue weighted by atomic mass is 9.80. The zero-order chi connectivity index (χ0) is 36.9. The van der Waals surface area contributed by atoms with E-state index in [9.17, 15) is 37.6 Å². The van der Waals surface area contributed by atoms with Crippen molar-refractivity contribution in [3.63, 3.8) is 0 Å². The van der Waals surface area contributed by atoms with Gasteiger partial charge in [-0.3, -0.25) is 24.2 Å². The number of fused-ring (bicyclic) bond motifs is 3. The molecule has 1 unspecified atom stereocenters. The van der Waals surface area contributed by atoms with E-state index in [4.69, 9.17) is 0 Å². The number of likely N-dealkylation sites (tertiary alicyclic amines) is 1. The molecule has 1 spiro atoms. The number of carbonyl (C=O) groups is 4. The third kappa shape index (κ3) is 7.34. The van der Waals surface area contributed by atoms with Gasteiger partial charge in [0.25, 0.3) is 5.91 Å².